The zero-order valence-electron chi connectivity index (χ0n) is 29.9. The van der Waals surface area contributed by atoms with Gasteiger partial charge in [0.2, 0.25) is 11.8 Å². The number of carbonyl (C=O) groups is 2. The molecule has 53 heavy (non-hydrogen) atoms. The van der Waals surface area contributed by atoms with Crippen molar-refractivity contribution in [2.75, 3.05) is 35.4 Å². The van der Waals surface area contributed by atoms with Gasteiger partial charge in [-0.1, -0.05) is 72.1 Å². The van der Waals surface area contributed by atoms with Gasteiger partial charge in [0, 0.05) is 11.4 Å². The number of aryl methyl sites for hydroxylation is 2. The van der Waals surface area contributed by atoms with E-state index in [2.05, 4.69) is 31.0 Å². The number of benzene rings is 4. The van der Waals surface area contributed by atoms with Crippen molar-refractivity contribution >= 4 is 46.7 Å². The first-order valence-corrected chi connectivity index (χ1v) is 19.1. The molecule has 14 heteroatoms. The van der Waals surface area contributed by atoms with Crippen LogP contribution in [0.4, 0.5) is 11.4 Å². The summed E-state index contributed by atoms with van der Waals surface area (Å²) in [5.74, 6) is 2.25. The van der Waals surface area contributed by atoms with E-state index in [1.54, 1.807) is 0 Å². The Morgan fingerprint density at radius 3 is 1.45 bits per heavy atom. The van der Waals surface area contributed by atoms with Gasteiger partial charge in [0.25, 0.3) is 0 Å². The number of hydrogen-bond acceptors (Lipinski definition) is 10. The van der Waals surface area contributed by atoms with Gasteiger partial charge in [-0.25, -0.2) is 0 Å². The van der Waals surface area contributed by atoms with Crippen molar-refractivity contribution in [3.63, 3.8) is 0 Å². The van der Waals surface area contributed by atoms with E-state index in [1.807, 2.05) is 134 Å². The quantitative estimate of drug-likeness (QED) is 0.0969. The predicted molar refractivity (Wildman–Crippen MR) is 209 cm³/mol. The number of para-hydroxylation sites is 4. The van der Waals surface area contributed by atoms with Gasteiger partial charge in [-0.2, -0.15) is 0 Å². The highest BCUT2D eigenvalue weighted by atomic mass is 32.2. The number of ether oxygens (including phenoxy) is 2. The molecular formula is C39H40N8O4S2. The molecule has 0 aliphatic carbocycles. The normalized spacial score (nSPS) is 10.9. The van der Waals surface area contributed by atoms with Gasteiger partial charge in [-0.15, -0.1) is 20.4 Å². The van der Waals surface area contributed by atoms with Gasteiger partial charge in [0.1, 0.15) is 23.1 Å². The molecule has 2 amide bonds. The lowest BCUT2D eigenvalue weighted by atomic mass is 10.2. The molecule has 6 rings (SSSR count). The number of aromatic nitrogens is 6. The summed E-state index contributed by atoms with van der Waals surface area (Å²) in [4.78, 5) is 26.3. The standard InChI is InChI=1S/C39H40N8O4S2/c1-5-50-32-19-9-7-17-30(32)40-36(48)24-52-38-44-42-34(46(38)28-15-11-13-26(3)21-28)23-35-43-45-39(47(35)29-16-12-14-27(4)22-29)53-25-37(49)41-31-18-8-10-20-33(31)51-6-2/h7-22H,5-6,23-25H2,1-4H3,(H,40,48)(H,41,49). The van der Waals surface area contributed by atoms with Crippen molar-refractivity contribution < 1.29 is 19.1 Å². The van der Waals surface area contributed by atoms with E-state index >= 15 is 0 Å². The molecule has 2 N–H and O–H groups in total. The lowest BCUT2D eigenvalue weighted by molar-refractivity contribution is -0.114. The largest absolute Gasteiger partial charge is 0.492 e. The van der Waals surface area contributed by atoms with Crippen molar-refractivity contribution in [2.45, 2.75) is 44.4 Å². The lowest BCUT2D eigenvalue weighted by Crippen LogP contribution is -2.16. The summed E-state index contributed by atoms with van der Waals surface area (Å²) in [6, 6.07) is 30.7. The van der Waals surface area contributed by atoms with E-state index in [9.17, 15) is 9.59 Å². The molecule has 0 saturated heterocycles. The summed E-state index contributed by atoms with van der Waals surface area (Å²) < 4.78 is 15.2. The summed E-state index contributed by atoms with van der Waals surface area (Å²) in [5.41, 5.74) is 5.06. The Morgan fingerprint density at radius 1 is 0.604 bits per heavy atom. The third-order valence-corrected chi connectivity index (χ3v) is 9.68. The maximum Gasteiger partial charge on any atom is 0.234 e. The third-order valence-electron chi connectivity index (χ3n) is 7.82. The maximum absolute atomic E-state index is 13.1. The fourth-order valence-corrected chi connectivity index (χ4v) is 7.09. The smallest absolute Gasteiger partial charge is 0.234 e. The highest BCUT2D eigenvalue weighted by Crippen LogP contribution is 2.29. The van der Waals surface area contributed by atoms with E-state index in [1.165, 1.54) is 23.5 Å². The summed E-state index contributed by atoms with van der Waals surface area (Å²) >= 11 is 2.57. The SMILES string of the molecule is CCOc1ccccc1NC(=O)CSc1nnc(Cc2nnc(SCC(=O)Nc3ccccc3OCC)n2-c2cccc(C)c2)n1-c1cccc(C)c1. The Hall–Kier alpha value is -5.60. The summed E-state index contributed by atoms with van der Waals surface area (Å²) in [7, 11) is 0. The number of rotatable bonds is 16. The minimum Gasteiger partial charge on any atom is -0.492 e. The molecule has 0 aliphatic heterocycles. The second-order valence-corrected chi connectivity index (χ2v) is 13.7. The van der Waals surface area contributed by atoms with Gasteiger partial charge in [0.15, 0.2) is 10.3 Å². The average Bonchev–Trinajstić information content (AvgIpc) is 3.75. The molecule has 0 aliphatic rings. The molecule has 0 bridgehead atoms. The molecule has 0 unspecified atom stereocenters. The van der Waals surface area contributed by atoms with Crippen LogP contribution in [0.25, 0.3) is 11.4 Å². The van der Waals surface area contributed by atoms with E-state index in [0.717, 1.165) is 22.5 Å². The van der Waals surface area contributed by atoms with Crippen LogP contribution in [0.15, 0.2) is 107 Å². The number of anilines is 2. The van der Waals surface area contributed by atoms with Crippen LogP contribution >= 0.6 is 23.5 Å². The first-order valence-electron chi connectivity index (χ1n) is 17.1. The fraction of sp³-hybridized carbons (Fsp3) is 0.231. The second kappa shape index (κ2) is 17.8. The first kappa shape index (κ1) is 37.2. The molecule has 12 nitrogen and oxygen atoms in total. The summed E-state index contributed by atoms with van der Waals surface area (Å²) in [6.45, 7) is 8.82. The van der Waals surface area contributed by atoms with Crippen LogP contribution < -0.4 is 20.1 Å². The van der Waals surface area contributed by atoms with E-state index in [-0.39, 0.29) is 29.7 Å². The molecule has 0 atom stereocenters. The van der Waals surface area contributed by atoms with Crippen LogP contribution in [0, 0.1) is 13.8 Å². The van der Waals surface area contributed by atoms with Crippen molar-refractivity contribution in [2.24, 2.45) is 0 Å². The lowest BCUT2D eigenvalue weighted by Gasteiger charge is -2.14. The first-order chi connectivity index (χ1) is 25.8. The Morgan fingerprint density at radius 2 is 1.04 bits per heavy atom. The Bertz CT molecular complexity index is 2050. The van der Waals surface area contributed by atoms with E-state index in [4.69, 9.17) is 9.47 Å². The second-order valence-electron chi connectivity index (χ2n) is 11.9. The molecule has 2 heterocycles. The summed E-state index contributed by atoms with van der Waals surface area (Å²) in [6.07, 6.45) is 0.269. The fourth-order valence-electron chi connectivity index (χ4n) is 5.55. The van der Waals surface area contributed by atoms with Crippen LogP contribution in [-0.2, 0) is 16.0 Å². The molecule has 2 aromatic heterocycles. The maximum atomic E-state index is 13.1. The van der Waals surface area contributed by atoms with Gasteiger partial charge in [-0.3, -0.25) is 18.7 Å². The Kier molecular flexibility index (Phi) is 12.4. The van der Waals surface area contributed by atoms with E-state index < -0.39 is 0 Å². The molecule has 4 aromatic carbocycles. The van der Waals surface area contributed by atoms with Crippen molar-refractivity contribution in [3.05, 3.63) is 120 Å². The molecule has 6 aromatic rings. The van der Waals surface area contributed by atoms with Crippen LogP contribution in [0.3, 0.4) is 0 Å². The van der Waals surface area contributed by atoms with Crippen LogP contribution in [0.2, 0.25) is 0 Å². The Balaban J connectivity index is 1.26. The van der Waals surface area contributed by atoms with E-state index in [0.29, 0.717) is 58.0 Å². The van der Waals surface area contributed by atoms with Gasteiger partial charge in [-0.05, 0) is 87.4 Å². The minimum atomic E-state index is -0.200. The van der Waals surface area contributed by atoms with Gasteiger partial charge < -0.3 is 20.1 Å². The third kappa shape index (κ3) is 9.45. The zero-order chi connectivity index (χ0) is 37.2. The number of thioether (sulfide) groups is 2. The highest BCUT2D eigenvalue weighted by Gasteiger charge is 2.22. The van der Waals surface area contributed by atoms with Crippen LogP contribution in [0.1, 0.15) is 36.6 Å². The van der Waals surface area contributed by atoms with Crippen molar-refractivity contribution in [3.8, 4) is 22.9 Å². The topological polar surface area (TPSA) is 138 Å². The Labute approximate surface area is 316 Å². The van der Waals surface area contributed by atoms with Crippen molar-refractivity contribution in [1.29, 1.82) is 0 Å². The molecule has 0 spiro atoms. The van der Waals surface area contributed by atoms with Crippen LogP contribution in [0.5, 0.6) is 11.5 Å². The van der Waals surface area contributed by atoms with Gasteiger partial charge in [0.05, 0.1) is 42.5 Å². The van der Waals surface area contributed by atoms with Crippen molar-refractivity contribution in [1.82, 2.24) is 29.5 Å². The monoisotopic (exact) mass is 748 g/mol. The molecule has 0 fully saturated rings. The molecule has 0 radical (unpaired) electrons. The highest BCUT2D eigenvalue weighted by molar-refractivity contribution is 8.00. The number of hydrogen-bond donors (Lipinski definition) is 2. The van der Waals surface area contributed by atoms with Crippen LogP contribution in [-0.4, -0.2) is 66.1 Å². The number of nitrogens with zero attached hydrogens (tertiary/aromatic N) is 6. The number of carbonyl (C=O) groups excluding carboxylic acids is 2. The molecule has 272 valence electrons. The van der Waals surface area contributed by atoms with Gasteiger partial charge >= 0.3 is 0 Å². The zero-order valence-corrected chi connectivity index (χ0v) is 31.5. The summed E-state index contributed by atoms with van der Waals surface area (Å²) in [5, 5.41) is 25.3. The number of nitrogens with one attached hydrogen (secondary N) is 2. The minimum absolute atomic E-state index is 0.0990. The predicted octanol–water partition coefficient (Wildman–Crippen LogP) is 7.31. The number of amides is 2. The molecular weight excluding hydrogens is 709 g/mol. The molecule has 0 saturated carbocycles. The average molecular weight is 749 g/mol.